The van der Waals surface area contributed by atoms with Gasteiger partial charge in [-0.05, 0) is 55.4 Å². The first-order valence-electron chi connectivity index (χ1n) is 6.05. The quantitative estimate of drug-likeness (QED) is 0.687. The number of benzene rings is 1. The van der Waals surface area contributed by atoms with Crippen LogP contribution >= 0.6 is 0 Å². The van der Waals surface area contributed by atoms with E-state index >= 15 is 0 Å². The third kappa shape index (κ3) is 2.17. The monoisotopic (exact) mass is 203 g/mol. The van der Waals surface area contributed by atoms with Gasteiger partial charge in [-0.3, -0.25) is 0 Å². The number of anilines is 1. The van der Waals surface area contributed by atoms with Gasteiger partial charge >= 0.3 is 0 Å². The molecule has 0 spiro atoms. The molecule has 0 radical (unpaired) electrons. The van der Waals surface area contributed by atoms with Crippen LogP contribution in [0.3, 0.4) is 0 Å². The lowest BCUT2D eigenvalue weighted by atomic mass is 9.81. The zero-order valence-corrected chi connectivity index (χ0v) is 9.84. The molecule has 1 heteroatoms. The highest BCUT2D eigenvalue weighted by Crippen LogP contribution is 2.35. The largest absolute Gasteiger partial charge is 0.399 e. The smallest absolute Gasteiger partial charge is 0.0346 e. The van der Waals surface area contributed by atoms with Gasteiger partial charge in [-0.2, -0.15) is 0 Å². The second-order valence-corrected chi connectivity index (χ2v) is 4.90. The van der Waals surface area contributed by atoms with Crippen LogP contribution in [0.2, 0.25) is 0 Å². The fourth-order valence-corrected chi connectivity index (χ4v) is 2.71. The van der Waals surface area contributed by atoms with E-state index in [0.717, 1.165) is 11.6 Å². The predicted molar refractivity (Wildman–Crippen MR) is 66.2 cm³/mol. The Hall–Kier alpha value is -0.980. The Kier molecular flexibility index (Phi) is 2.99. The standard InChI is InChI=1S/C14H21N/c1-10-9-14(15)11(2)8-13(10)12-6-4-3-5-7-12/h8-9,12H,3-7,15H2,1-2H3. The highest BCUT2D eigenvalue weighted by atomic mass is 14.6. The maximum Gasteiger partial charge on any atom is 0.0346 e. The molecule has 0 saturated heterocycles. The van der Waals surface area contributed by atoms with Gasteiger partial charge in [-0.15, -0.1) is 0 Å². The average Bonchev–Trinajstić information content (AvgIpc) is 2.25. The van der Waals surface area contributed by atoms with E-state index in [1.54, 1.807) is 5.56 Å². The van der Waals surface area contributed by atoms with Crippen molar-refractivity contribution in [2.45, 2.75) is 51.9 Å². The molecule has 2 rings (SSSR count). The minimum absolute atomic E-state index is 0.790. The minimum Gasteiger partial charge on any atom is -0.399 e. The van der Waals surface area contributed by atoms with Crippen LogP contribution in [0.5, 0.6) is 0 Å². The normalized spacial score (nSPS) is 18.0. The van der Waals surface area contributed by atoms with Gasteiger partial charge in [0.2, 0.25) is 0 Å². The van der Waals surface area contributed by atoms with Gasteiger partial charge in [0.15, 0.2) is 0 Å². The fourth-order valence-electron chi connectivity index (χ4n) is 2.71. The van der Waals surface area contributed by atoms with Crippen molar-refractivity contribution in [3.8, 4) is 0 Å². The van der Waals surface area contributed by atoms with Gasteiger partial charge in [0.1, 0.15) is 0 Å². The molecule has 1 nitrogen and oxygen atoms in total. The van der Waals surface area contributed by atoms with Gasteiger partial charge in [0, 0.05) is 5.69 Å². The van der Waals surface area contributed by atoms with E-state index in [2.05, 4.69) is 26.0 Å². The van der Waals surface area contributed by atoms with E-state index in [1.807, 2.05) is 0 Å². The fraction of sp³-hybridized carbons (Fsp3) is 0.571. The molecule has 0 amide bonds. The number of nitrogens with two attached hydrogens (primary N) is 1. The van der Waals surface area contributed by atoms with Gasteiger partial charge in [-0.25, -0.2) is 0 Å². The van der Waals surface area contributed by atoms with Crippen LogP contribution in [-0.2, 0) is 0 Å². The van der Waals surface area contributed by atoms with Crippen molar-refractivity contribution in [1.29, 1.82) is 0 Å². The Bertz CT molecular complexity index is 349. The Balaban J connectivity index is 2.30. The Morgan fingerprint density at radius 3 is 2.33 bits per heavy atom. The number of hydrogen-bond acceptors (Lipinski definition) is 1. The molecule has 15 heavy (non-hydrogen) atoms. The van der Waals surface area contributed by atoms with E-state index < -0.39 is 0 Å². The SMILES string of the molecule is Cc1cc(C2CCCCC2)c(C)cc1N. The lowest BCUT2D eigenvalue weighted by molar-refractivity contribution is 0.442. The molecule has 0 heterocycles. The molecule has 1 aromatic rings. The summed E-state index contributed by atoms with van der Waals surface area (Å²) in [4.78, 5) is 0. The van der Waals surface area contributed by atoms with Crippen LogP contribution in [0.1, 0.15) is 54.7 Å². The Morgan fingerprint density at radius 2 is 1.67 bits per heavy atom. The maximum atomic E-state index is 5.92. The zero-order valence-electron chi connectivity index (χ0n) is 9.84. The maximum absolute atomic E-state index is 5.92. The molecule has 0 unspecified atom stereocenters. The highest BCUT2D eigenvalue weighted by Gasteiger charge is 2.17. The topological polar surface area (TPSA) is 26.0 Å². The molecule has 0 bridgehead atoms. The Labute approximate surface area is 92.7 Å². The molecule has 1 aromatic carbocycles. The van der Waals surface area contributed by atoms with E-state index in [1.165, 1.54) is 43.2 Å². The molecule has 82 valence electrons. The van der Waals surface area contributed by atoms with E-state index in [-0.39, 0.29) is 0 Å². The van der Waals surface area contributed by atoms with Crippen LogP contribution in [0.4, 0.5) is 5.69 Å². The lowest BCUT2D eigenvalue weighted by Crippen LogP contribution is -2.07. The molecule has 0 aromatic heterocycles. The summed E-state index contributed by atoms with van der Waals surface area (Å²) in [6.45, 7) is 4.31. The summed E-state index contributed by atoms with van der Waals surface area (Å²) in [7, 11) is 0. The molecule has 1 aliphatic carbocycles. The van der Waals surface area contributed by atoms with Crippen molar-refractivity contribution >= 4 is 5.69 Å². The first-order chi connectivity index (χ1) is 7.18. The van der Waals surface area contributed by atoms with Crippen molar-refractivity contribution in [3.05, 3.63) is 28.8 Å². The summed E-state index contributed by atoms with van der Waals surface area (Å²) in [6, 6.07) is 4.44. The third-order valence-corrected chi connectivity index (χ3v) is 3.70. The molecule has 1 saturated carbocycles. The first kappa shape index (κ1) is 10.5. The summed E-state index contributed by atoms with van der Waals surface area (Å²) in [5, 5.41) is 0. The molecule has 2 N–H and O–H groups in total. The highest BCUT2D eigenvalue weighted by molar-refractivity contribution is 5.52. The summed E-state index contributed by atoms with van der Waals surface area (Å²) in [5.74, 6) is 0.790. The van der Waals surface area contributed by atoms with Crippen molar-refractivity contribution in [2.24, 2.45) is 0 Å². The second kappa shape index (κ2) is 4.26. The van der Waals surface area contributed by atoms with Crippen LogP contribution in [0, 0.1) is 13.8 Å². The predicted octanol–water partition coefficient (Wildman–Crippen LogP) is 3.93. The zero-order chi connectivity index (χ0) is 10.8. The van der Waals surface area contributed by atoms with Gasteiger partial charge in [-0.1, -0.05) is 25.3 Å². The summed E-state index contributed by atoms with van der Waals surface area (Å²) < 4.78 is 0. The van der Waals surface area contributed by atoms with Gasteiger partial charge in [0.05, 0.1) is 0 Å². The van der Waals surface area contributed by atoms with Crippen molar-refractivity contribution in [1.82, 2.24) is 0 Å². The van der Waals surface area contributed by atoms with Gasteiger partial charge in [0.25, 0.3) is 0 Å². The number of nitrogen functional groups attached to an aromatic ring is 1. The number of hydrogen-bond donors (Lipinski definition) is 1. The van der Waals surface area contributed by atoms with Crippen LogP contribution < -0.4 is 5.73 Å². The van der Waals surface area contributed by atoms with Crippen molar-refractivity contribution in [2.75, 3.05) is 5.73 Å². The lowest BCUT2D eigenvalue weighted by Gasteiger charge is -2.24. The molecule has 1 fully saturated rings. The number of rotatable bonds is 1. The van der Waals surface area contributed by atoms with Crippen LogP contribution in [-0.4, -0.2) is 0 Å². The van der Waals surface area contributed by atoms with Crippen LogP contribution in [0.15, 0.2) is 12.1 Å². The summed E-state index contributed by atoms with van der Waals surface area (Å²) in [6.07, 6.45) is 6.94. The third-order valence-electron chi connectivity index (χ3n) is 3.70. The molecular weight excluding hydrogens is 182 g/mol. The summed E-state index contributed by atoms with van der Waals surface area (Å²) in [5.41, 5.74) is 11.0. The van der Waals surface area contributed by atoms with E-state index in [0.29, 0.717) is 0 Å². The average molecular weight is 203 g/mol. The first-order valence-corrected chi connectivity index (χ1v) is 6.05. The van der Waals surface area contributed by atoms with Crippen molar-refractivity contribution in [3.63, 3.8) is 0 Å². The van der Waals surface area contributed by atoms with Gasteiger partial charge < -0.3 is 5.73 Å². The Morgan fingerprint density at radius 1 is 1.00 bits per heavy atom. The minimum atomic E-state index is 0.790. The van der Waals surface area contributed by atoms with Crippen LogP contribution in [0.25, 0.3) is 0 Å². The summed E-state index contributed by atoms with van der Waals surface area (Å²) >= 11 is 0. The van der Waals surface area contributed by atoms with E-state index in [4.69, 9.17) is 5.73 Å². The van der Waals surface area contributed by atoms with E-state index in [9.17, 15) is 0 Å². The molecule has 0 atom stereocenters. The van der Waals surface area contributed by atoms with Crippen molar-refractivity contribution < 1.29 is 0 Å². The molecule has 0 aliphatic heterocycles. The second-order valence-electron chi connectivity index (χ2n) is 4.90. The molecular formula is C14H21N. The molecule has 1 aliphatic rings. The number of aryl methyl sites for hydroxylation is 2.